The normalized spacial score (nSPS) is 14.4. The van der Waals surface area contributed by atoms with Crippen LogP contribution in [0.1, 0.15) is 30.6 Å². The highest BCUT2D eigenvalue weighted by Gasteiger charge is 2.17. The number of aliphatic hydroxyl groups excluding tert-OH is 2. The van der Waals surface area contributed by atoms with Gasteiger partial charge in [0.2, 0.25) is 0 Å². The van der Waals surface area contributed by atoms with Gasteiger partial charge in [0.1, 0.15) is 6.10 Å². The van der Waals surface area contributed by atoms with Crippen molar-refractivity contribution in [3.8, 4) is 0 Å². The van der Waals surface area contributed by atoms with Gasteiger partial charge in [-0.1, -0.05) is 31.2 Å². The fourth-order valence-corrected chi connectivity index (χ4v) is 1.83. The predicted octanol–water partition coefficient (Wildman–Crippen LogP) is 0.800. The Kier molecular flexibility index (Phi) is 6.90. The Labute approximate surface area is 109 Å². The van der Waals surface area contributed by atoms with Gasteiger partial charge in [0.15, 0.2) is 0 Å². The average molecular weight is 252 g/mol. The molecule has 102 valence electrons. The molecule has 1 aromatic rings. The molecule has 0 fully saturated rings. The second-order valence-corrected chi connectivity index (χ2v) is 4.43. The highest BCUT2D eigenvalue weighted by atomic mass is 16.3. The molecule has 0 heterocycles. The van der Waals surface area contributed by atoms with E-state index in [9.17, 15) is 10.2 Å². The summed E-state index contributed by atoms with van der Waals surface area (Å²) < 4.78 is 0. The summed E-state index contributed by atoms with van der Waals surface area (Å²) in [5.74, 6) is 0. The Morgan fingerprint density at radius 3 is 2.72 bits per heavy atom. The number of hydrogen-bond donors (Lipinski definition) is 4. The van der Waals surface area contributed by atoms with Crippen molar-refractivity contribution in [1.29, 1.82) is 0 Å². The van der Waals surface area contributed by atoms with E-state index in [1.54, 1.807) is 0 Å². The van der Waals surface area contributed by atoms with Gasteiger partial charge in [-0.05, 0) is 37.7 Å². The lowest BCUT2D eigenvalue weighted by Crippen LogP contribution is -2.23. The zero-order valence-electron chi connectivity index (χ0n) is 11.2. The molecule has 0 aliphatic heterocycles. The minimum Gasteiger partial charge on any atom is -0.390 e. The summed E-state index contributed by atoms with van der Waals surface area (Å²) in [6, 6.07) is 7.72. The third-order valence-corrected chi connectivity index (χ3v) is 2.93. The smallest absolute Gasteiger partial charge is 0.105 e. The van der Waals surface area contributed by atoms with E-state index >= 15 is 0 Å². The monoisotopic (exact) mass is 252 g/mol. The van der Waals surface area contributed by atoms with E-state index in [1.807, 2.05) is 31.3 Å². The summed E-state index contributed by atoms with van der Waals surface area (Å²) in [6.45, 7) is 4.44. The lowest BCUT2D eigenvalue weighted by molar-refractivity contribution is 0.0140. The van der Waals surface area contributed by atoms with E-state index in [0.717, 1.165) is 24.2 Å². The van der Waals surface area contributed by atoms with Crippen molar-refractivity contribution in [3.63, 3.8) is 0 Å². The van der Waals surface area contributed by atoms with Crippen LogP contribution in [0.5, 0.6) is 0 Å². The predicted molar refractivity (Wildman–Crippen MR) is 73.3 cm³/mol. The van der Waals surface area contributed by atoms with E-state index in [0.29, 0.717) is 13.0 Å². The van der Waals surface area contributed by atoms with Crippen molar-refractivity contribution in [1.82, 2.24) is 10.6 Å². The molecule has 0 amide bonds. The molecule has 0 aliphatic rings. The maximum Gasteiger partial charge on any atom is 0.105 e. The molecule has 0 saturated carbocycles. The molecule has 4 N–H and O–H groups in total. The molecule has 1 rings (SSSR count). The van der Waals surface area contributed by atoms with Crippen molar-refractivity contribution in [3.05, 3.63) is 35.4 Å². The van der Waals surface area contributed by atoms with Crippen LogP contribution in [0, 0.1) is 0 Å². The van der Waals surface area contributed by atoms with Crippen LogP contribution in [0.2, 0.25) is 0 Å². The zero-order valence-corrected chi connectivity index (χ0v) is 11.2. The second-order valence-electron chi connectivity index (χ2n) is 4.43. The van der Waals surface area contributed by atoms with Crippen molar-refractivity contribution in [2.24, 2.45) is 0 Å². The van der Waals surface area contributed by atoms with E-state index in [1.165, 1.54) is 0 Å². The summed E-state index contributed by atoms with van der Waals surface area (Å²) in [5.41, 5.74) is 1.89. The molecule has 0 bridgehead atoms. The SMILES string of the molecule is CCNCc1cccc(C(O)C(O)CCNC)c1. The Bertz CT molecular complexity index is 344. The van der Waals surface area contributed by atoms with Crippen LogP contribution in [-0.4, -0.2) is 36.5 Å². The topological polar surface area (TPSA) is 64.5 Å². The van der Waals surface area contributed by atoms with Gasteiger partial charge in [-0.2, -0.15) is 0 Å². The molecule has 0 aromatic heterocycles. The fraction of sp³-hybridized carbons (Fsp3) is 0.571. The quantitative estimate of drug-likeness (QED) is 0.552. The highest BCUT2D eigenvalue weighted by Crippen LogP contribution is 2.19. The summed E-state index contributed by atoms with van der Waals surface area (Å²) in [5, 5.41) is 26.1. The number of benzene rings is 1. The van der Waals surface area contributed by atoms with E-state index < -0.39 is 12.2 Å². The van der Waals surface area contributed by atoms with Gasteiger partial charge in [0.05, 0.1) is 6.10 Å². The first-order chi connectivity index (χ1) is 8.69. The van der Waals surface area contributed by atoms with Gasteiger partial charge in [-0.15, -0.1) is 0 Å². The molecule has 0 spiro atoms. The van der Waals surface area contributed by atoms with Crippen LogP contribution < -0.4 is 10.6 Å². The van der Waals surface area contributed by atoms with Gasteiger partial charge in [-0.3, -0.25) is 0 Å². The molecule has 2 unspecified atom stereocenters. The minimum absolute atomic E-state index is 0.537. The molecule has 0 saturated heterocycles. The lowest BCUT2D eigenvalue weighted by Gasteiger charge is -2.18. The second kappa shape index (κ2) is 8.21. The summed E-state index contributed by atoms with van der Waals surface area (Å²) >= 11 is 0. The third kappa shape index (κ3) is 4.74. The van der Waals surface area contributed by atoms with Crippen LogP contribution in [0.25, 0.3) is 0 Å². The van der Waals surface area contributed by atoms with Crippen molar-refractivity contribution >= 4 is 0 Å². The maximum absolute atomic E-state index is 10.1. The van der Waals surface area contributed by atoms with E-state index in [2.05, 4.69) is 17.6 Å². The first kappa shape index (κ1) is 15.1. The Morgan fingerprint density at radius 2 is 2.06 bits per heavy atom. The average Bonchev–Trinajstić information content (AvgIpc) is 2.42. The van der Waals surface area contributed by atoms with Crippen LogP contribution in [0.4, 0.5) is 0 Å². The third-order valence-electron chi connectivity index (χ3n) is 2.93. The van der Waals surface area contributed by atoms with E-state index in [4.69, 9.17) is 0 Å². The number of nitrogens with one attached hydrogen (secondary N) is 2. The zero-order chi connectivity index (χ0) is 13.4. The molecule has 4 heteroatoms. The first-order valence-electron chi connectivity index (χ1n) is 6.49. The number of aliphatic hydroxyl groups is 2. The number of rotatable bonds is 8. The molecule has 0 aliphatic carbocycles. The molecule has 18 heavy (non-hydrogen) atoms. The van der Waals surface area contributed by atoms with Crippen molar-refractivity contribution in [2.45, 2.75) is 32.1 Å². The van der Waals surface area contributed by atoms with Crippen molar-refractivity contribution in [2.75, 3.05) is 20.1 Å². The minimum atomic E-state index is -0.820. The Morgan fingerprint density at radius 1 is 1.28 bits per heavy atom. The molecular formula is C14H24N2O2. The molecule has 2 atom stereocenters. The summed E-state index contributed by atoms with van der Waals surface area (Å²) in [7, 11) is 1.83. The molecular weight excluding hydrogens is 228 g/mol. The van der Waals surface area contributed by atoms with Crippen LogP contribution in [0.15, 0.2) is 24.3 Å². The molecule has 0 radical (unpaired) electrons. The maximum atomic E-state index is 10.1. The van der Waals surface area contributed by atoms with Crippen LogP contribution in [0.3, 0.4) is 0 Å². The Hall–Kier alpha value is -0.940. The van der Waals surface area contributed by atoms with Gasteiger partial charge in [0, 0.05) is 6.54 Å². The first-order valence-corrected chi connectivity index (χ1v) is 6.49. The largest absolute Gasteiger partial charge is 0.390 e. The van der Waals surface area contributed by atoms with Crippen LogP contribution >= 0.6 is 0 Å². The van der Waals surface area contributed by atoms with E-state index in [-0.39, 0.29) is 0 Å². The molecule has 1 aromatic carbocycles. The highest BCUT2D eigenvalue weighted by molar-refractivity contribution is 5.25. The lowest BCUT2D eigenvalue weighted by atomic mass is 10.00. The van der Waals surface area contributed by atoms with Crippen LogP contribution in [-0.2, 0) is 6.54 Å². The van der Waals surface area contributed by atoms with Gasteiger partial charge in [0.25, 0.3) is 0 Å². The van der Waals surface area contributed by atoms with Gasteiger partial charge in [-0.25, -0.2) is 0 Å². The Balaban J connectivity index is 2.63. The van der Waals surface area contributed by atoms with Crippen molar-refractivity contribution < 1.29 is 10.2 Å². The fourth-order valence-electron chi connectivity index (χ4n) is 1.83. The summed E-state index contributed by atoms with van der Waals surface area (Å²) in [4.78, 5) is 0. The molecule has 4 nitrogen and oxygen atoms in total. The number of hydrogen-bond acceptors (Lipinski definition) is 4. The summed E-state index contributed by atoms with van der Waals surface area (Å²) in [6.07, 6.45) is -1.01. The standard InChI is InChI=1S/C14H24N2O2/c1-3-16-10-11-5-4-6-12(9-11)14(18)13(17)7-8-15-2/h4-6,9,13-18H,3,7-8,10H2,1-2H3. The van der Waals surface area contributed by atoms with Gasteiger partial charge < -0.3 is 20.8 Å². The van der Waals surface area contributed by atoms with Gasteiger partial charge >= 0.3 is 0 Å².